The molecule has 0 bridgehead atoms. The van der Waals surface area contributed by atoms with Crippen molar-refractivity contribution in [2.45, 2.75) is 65.0 Å². The number of hydrogen-bond acceptors (Lipinski definition) is 2. The minimum atomic E-state index is -0.334. The molecule has 2 atom stereocenters. The normalized spacial score (nSPS) is 25.4. The molecule has 4 heteroatoms. The highest BCUT2D eigenvalue weighted by Gasteiger charge is 2.52. The lowest BCUT2D eigenvalue weighted by Gasteiger charge is -2.35. The maximum Gasteiger partial charge on any atom is 0.462 e. The number of allylic oxidation sites excluding steroid dienone is 8. The number of rotatable bonds is 9. The van der Waals surface area contributed by atoms with Crippen molar-refractivity contribution in [1.82, 2.24) is 0 Å². The molecule has 0 aromatic rings. The molecule has 1 rings (SSSR count). The number of halogens is 1. The molecule has 1 fully saturated rings. The Kier molecular flexibility index (Phi) is 8.46. The largest absolute Gasteiger partial charge is 0.462 e. The predicted molar refractivity (Wildman–Crippen MR) is 111 cm³/mol. The zero-order chi connectivity index (χ0) is 19.1. The Balaban J connectivity index is 3.07. The summed E-state index contributed by atoms with van der Waals surface area (Å²) in [4.78, 5) is 0. The van der Waals surface area contributed by atoms with Gasteiger partial charge in [-0.2, -0.15) is 0 Å². The molecular formula is C21H32BClO2. The van der Waals surface area contributed by atoms with E-state index in [9.17, 15) is 0 Å². The lowest BCUT2D eigenvalue weighted by molar-refractivity contribution is -0.0118. The highest BCUT2D eigenvalue weighted by atomic mass is 35.5. The Morgan fingerprint density at radius 2 is 1.88 bits per heavy atom. The van der Waals surface area contributed by atoms with Gasteiger partial charge in [0.2, 0.25) is 0 Å². The van der Waals surface area contributed by atoms with Crippen molar-refractivity contribution in [1.29, 1.82) is 0 Å². The van der Waals surface area contributed by atoms with Gasteiger partial charge in [0, 0.05) is 17.3 Å². The summed E-state index contributed by atoms with van der Waals surface area (Å²) in [5.74, 6) is 0.0824. The molecule has 0 N–H and O–H groups in total. The molecule has 0 aliphatic carbocycles. The van der Waals surface area contributed by atoms with Crippen LogP contribution in [0, 0.1) is 5.92 Å². The van der Waals surface area contributed by atoms with Crippen molar-refractivity contribution in [3.8, 4) is 0 Å². The van der Waals surface area contributed by atoms with Crippen LogP contribution in [-0.4, -0.2) is 18.3 Å². The van der Waals surface area contributed by atoms with E-state index in [-0.39, 0.29) is 24.2 Å². The van der Waals surface area contributed by atoms with Gasteiger partial charge in [0.05, 0.1) is 11.2 Å². The van der Waals surface area contributed by atoms with Crippen LogP contribution in [0.5, 0.6) is 0 Å². The molecule has 1 aliphatic heterocycles. The van der Waals surface area contributed by atoms with Gasteiger partial charge in [0.15, 0.2) is 0 Å². The second-order valence-corrected chi connectivity index (χ2v) is 7.46. The third-order valence-electron chi connectivity index (χ3n) is 4.98. The summed E-state index contributed by atoms with van der Waals surface area (Å²) in [6.07, 6.45) is 14.1. The zero-order valence-electron chi connectivity index (χ0n) is 16.3. The average molecular weight is 363 g/mol. The molecule has 0 saturated carbocycles. The minimum absolute atomic E-state index is 0.0824. The van der Waals surface area contributed by atoms with Crippen LogP contribution < -0.4 is 0 Å². The zero-order valence-corrected chi connectivity index (χ0v) is 17.1. The molecule has 0 amide bonds. The number of hydrogen-bond donors (Lipinski definition) is 0. The third-order valence-corrected chi connectivity index (χ3v) is 5.37. The maximum atomic E-state index is 6.54. The molecule has 2 nitrogen and oxygen atoms in total. The Labute approximate surface area is 159 Å². The fourth-order valence-electron chi connectivity index (χ4n) is 2.88. The topological polar surface area (TPSA) is 18.5 Å². The van der Waals surface area contributed by atoms with Crippen LogP contribution in [-0.2, 0) is 9.31 Å². The molecule has 25 heavy (non-hydrogen) atoms. The molecule has 0 aromatic heterocycles. The lowest BCUT2D eigenvalue weighted by atomic mass is 9.79. The Bertz CT molecular complexity index is 562. The van der Waals surface area contributed by atoms with Crippen LogP contribution in [0.3, 0.4) is 0 Å². The lowest BCUT2D eigenvalue weighted by Crippen LogP contribution is -2.44. The Hall–Kier alpha value is -1.03. The van der Waals surface area contributed by atoms with E-state index in [0.717, 1.165) is 23.4 Å². The van der Waals surface area contributed by atoms with Crippen molar-refractivity contribution in [2.75, 3.05) is 0 Å². The van der Waals surface area contributed by atoms with Gasteiger partial charge in [-0.05, 0) is 39.2 Å². The molecule has 0 spiro atoms. The second-order valence-electron chi connectivity index (χ2n) is 7.05. The standard InChI is InChI=1S/C21H32BClO2/c1-8-12-14-17(10-3)15-18(19(23)13-9-2)16-22-24-20(5,6)21(7,11-4)25-22/h8,10,12-15,17H,1,3,9,11,16H2,2,4-7H3/b14-12-,18-15?,19-13+. The van der Waals surface area contributed by atoms with Crippen LogP contribution >= 0.6 is 11.6 Å². The van der Waals surface area contributed by atoms with E-state index in [1.807, 2.05) is 24.3 Å². The van der Waals surface area contributed by atoms with Crippen LogP contribution in [0.15, 0.2) is 60.2 Å². The van der Waals surface area contributed by atoms with E-state index in [4.69, 9.17) is 20.9 Å². The van der Waals surface area contributed by atoms with Gasteiger partial charge in [0.25, 0.3) is 0 Å². The SMILES string of the molecule is C=C/C=C\C(C=C)C=C(CB1OC(C)(C)C(C)(CC)O1)/C(Cl)=C\CC. The van der Waals surface area contributed by atoms with E-state index in [1.54, 1.807) is 6.08 Å². The molecule has 1 saturated heterocycles. The summed E-state index contributed by atoms with van der Waals surface area (Å²) in [6.45, 7) is 18.1. The van der Waals surface area contributed by atoms with E-state index < -0.39 is 0 Å². The van der Waals surface area contributed by atoms with Crippen LogP contribution in [0.2, 0.25) is 6.32 Å². The fourth-order valence-corrected chi connectivity index (χ4v) is 3.17. The quantitative estimate of drug-likeness (QED) is 0.266. The van der Waals surface area contributed by atoms with Gasteiger partial charge in [-0.3, -0.25) is 0 Å². The monoisotopic (exact) mass is 362 g/mol. The summed E-state index contributed by atoms with van der Waals surface area (Å²) in [6, 6.07) is 0. The van der Waals surface area contributed by atoms with E-state index in [1.165, 1.54) is 0 Å². The molecule has 1 aliphatic rings. The van der Waals surface area contributed by atoms with Gasteiger partial charge in [-0.1, -0.05) is 68.5 Å². The summed E-state index contributed by atoms with van der Waals surface area (Å²) < 4.78 is 12.5. The molecule has 1 heterocycles. The fraction of sp³-hybridized carbons (Fsp3) is 0.524. The van der Waals surface area contributed by atoms with Crippen molar-refractivity contribution < 1.29 is 9.31 Å². The van der Waals surface area contributed by atoms with Gasteiger partial charge in [-0.25, -0.2) is 0 Å². The molecule has 2 unspecified atom stereocenters. The summed E-state index contributed by atoms with van der Waals surface area (Å²) in [5, 5.41) is 0.747. The van der Waals surface area contributed by atoms with Gasteiger partial charge >= 0.3 is 7.12 Å². The summed E-state index contributed by atoms with van der Waals surface area (Å²) in [7, 11) is -0.306. The molecular weight excluding hydrogens is 330 g/mol. The Morgan fingerprint density at radius 1 is 1.20 bits per heavy atom. The van der Waals surface area contributed by atoms with E-state index >= 15 is 0 Å². The highest BCUT2D eigenvalue weighted by molar-refractivity contribution is 6.47. The van der Waals surface area contributed by atoms with Crippen LogP contribution in [0.4, 0.5) is 0 Å². The van der Waals surface area contributed by atoms with Crippen molar-refractivity contribution in [3.63, 3.8) is 0 Å². The second kappa shape index (κ2) is 9.61. The summed E-state index contributed by atoms with van der Waals surface area (Å²) in [5.41, 5.74) is 0.381. The first-order valence-electron chi connectivity index (χ1n) is 9.07. The minimum Gasteiger partial charge on any atom is -0.403 e. The third kappa shape index (κ3) is 5.74. The van der Waals surface area contributed by atoms with E-state index in [2.05, 4.69) is 53.9 Å². The van der Waals surface area contributed by atoms with E-state index in [0.29, 0.717) is 6.32 Å². The Morgan fingerprint density at radius 3 is 2.36 bits per heavy atom. The first-order valence-corrected chi connectivity index (χ1v) is 9.44. The van der Waals surface area contributed by atoms with Gasteiger partial charge < -0.3 is 9.31 Å². The smallest absolute Gasteiger partial charge is 0.403 e. The van der Waals surface area contributed by atoms with Crippen molar-refractivity contribution >= 4 is 18.7 Å². The molecule has 138 valence electrons. The van der Waals surface area contributed by atoms with Gasteiger partial charge in [-0.15, -0.1) is 6.58 Å². The first-order chi connectivity index (χ1) is 11.7. The van der Waals surface area contributed by atoms with Gasteiger partial charge in [0.1, 0.15) is 0 Å². The predicted octanol–water partition coefficient (Wildman–Crippen LogP) is 6.47. The first kappa shape index (κ1) is 22.0. The van der Waals surface area contributed by atoms with Crippen LogP contribution in [0.25, 0.3) is 0 Å². The van der Waals surface area contributed by atoms with Crippen molar-refractivity contribution in [2.24, 2.45) is 5.92 Å². The highest BCUT2D eigenvalue weighted by Crippen LogP contribution is 2.41. The molecule has 0 aromatic carbocycles. The van der Waals surface area contributed by atoms with Crippen molar-refractivity contribution in [3.05, 3.63) is 60.2 Å². The maximum absolute atomic E-state index is 6.54. The molecule has 0 radical (unpaired) electrons. The average Bonchev–Trinajstić information content (AvgIpc) is 2.79. The van der Waals surface area contributed by atoms with Crippen LogP contribution in [0.1, 0.15) is 47.5 Å². The summed E-state index contributed by atoms with van der Waals surface area (Å²) >= 11 is 6.54.